The Morgan fingerprint density at radius 3 is 2.83 bits per heavy atom. The fraction of sp³-hybridized carbons (Fsp3) is 0.308. The monoisotopic (exact) mass is 263 g/mol. The molecule has 2 heterocycles. The molecule has 0 amide bonds. The molecule has 1 aromatic carbocycles. The van der Waals surface area contributed by atoms with Gasteiger partial charge in [0.2, 0.25) is 0 Å². The number of nitrogens with zero attached hydrogens (tertiary/aromatic N) is 1. The van der Waals surface area contributed by atoms with Gasteiger partial charge >= 0.3 is 0 Å². The van der Waals surface area contributed by atoms with Gasteiger partial charge in [0.05, 0.1) is 5.69 Å². The van der Waals surface area contributed by atoms with Crippen LogP contribution < -0.4 is 10.5 Å². The van der Waals surface area contributed by atoms with Crippen molar-refractivity contribution in [1.82, 2.24) is 10.2 Å². The molecule has 3 rings (SSSR count). The third kappa shape index (κ3) is 1.82. The molecule has 1 aliphatic rings. The van der Waals surface area contributed by atoms with Gasteiger partial charge in [-0.3, -0.25) is 5.10 Å². The first-order valence-electron chi connectivity index (χ1n) is 5.77. The van der Waals surface area contributed by atoms with Crippen LogP contribution in [0.3, 0.4) is 0 Å². The van der Waals surface area contributed by atoms with E-state index in [4.69, 9.17) is 22.1 Å². The van der Waals surface area contributed by atoms with Gasteiger partial charge < -0.3 is 10.5 Å². The molecule has 0 fully saturated rings. The molecule has 0 atom stereocenters. The number of aromatic amines is 1. The minimum absolute atomic E-state index is 0.201. The molecule has 0 bridgehead atoms. The highest BCUT2D eigenvalue weighted by Crippen LogP contribution is 2.43. The Morgan fingerprint density at radius 1 is 1.39 bits per heavy atom. The van der Waals surface area contributed by atoms with Crippen LogP contribution >= 0.6 is 11.6 Å². The van der Waals surface area contributed by atoms with Gasteiger partial charge in [0.15, 0.2) is 0 Å². The van der Waals surface area contributed by atoms with E-state index in [1.165, 1.54) is 0 Å². The second-order valence-electron chi connectivity index (χ2n) is 5.19. The van der Waals surface area contributed by atoms with E-state index in [-0.39, 0.29) is 5.60 Å². The summed E-state index contributed by atoms with van der Waals surface area (Å²) in [6.07, 6.45) is 0.847. The molecule has 94 valence electrons. The van der Waals surface area contributed by atoms with Gasteiger partial charge in [0.25, 0.3) is 0 Å². The van der Waals surface area contributed by atoms with Crippen LogP contribution in [0, 0.1) is 0 Å². The van der Waals surface area contributed by atoms with Gasteiger partial charge in [-0.05, 0) is 26.0 Å². The smallest absolute Gasteiger partial charge is 0.145 e. The molecule has 2 aromatic rings. The molecule has 0 saturated heterocycles. The average molecular weight is 264 g/mol. The Bertz CT molecular complexity index is 619. The van der Waals surface area contributed by atoms with Crippen LogP contribution in [0.2, 0.25) is 5.02 Å². The first-order chi connectivity index (χ1) is 8.44. The lowest BCUT2D eigenvalue weighted by molar-refractivity contribution is 0.139. The zero-order valence-corrected chi connectivity index (χ0v) is 11.0. The summed E-state index contributed by atoms with van der Waals surface area (Å²) in [6, 6.07) is 5.60. The topological polar surface area (TPSA) is 63.9 Å². The summed E-state index contributed by atoms with van der Waals surface area (Å²) in [5.74, 6) is 1.32. The molecule has 4 nitrogen and oxygen atoms in total. The first-order valence-corrected chi connectivity index (χ1v) is 6.15. The quantitative estimate of drug-likeness (QED) is 0.831. The first kappa shape index (κ1) is 11.4. The molecule has 1 aliphatic heterocycles. The number of nitrogens with one attached hydrogen (secondary N) is 1. The Kier molecular flexibility index (Phi) is 2.32. The number of hydrogen-bond donors (Lipinski definition) is 2. The average Bonchev–Trinajstić information content (AvgIpc) is 2.79. The Balaban J connectivity index is 2.17. The van der Waals surface area contributed by atoms with Crippen LogP contribution in [-0.2, 0) is 6.42 Å². The van der Waals surface area contributed by atoms with Crippen molar-refractivity contribution in [2.45, 2.75) is 25.9 Å². The number of fused-ring (bicyclic) bond motifs is 1. The predicted molar refractivity (Wildman–Crippen MR) is 71.9 cm³/mol. The fourth-order valence-corrected chi connectivity index (χ4v) is 2.59. The fourth-order valence-electron chi connectivity index (χ4n) is 2.35. The molecule has 5 heteroatoms. The van der Waals surface area contributed by atoms with Crippen molar-refractivity contribution in [3.63, 3.8) is 0 Å². The van der Waals surface area contributed by atoms with Crippen molar-refractivity contribution in [3.8, 4) is 17.0 Å². The zero-order chi connectivity index (χ0) is 12.9. The Morgan fingerprint density at radius 2 is 2.17 bits per heavy atom. The maximum absolute atomic E-state index is 6.16. The molecule has 0 radical (unpaired) electrons. The third-order valence-electron chi connectivity index (χ3n) is 3.01. The van der Waals surface area contributed by atoms with E-state index in [9.17, 15) is 0 Å². The maximum atomic E-state index is 6.16. The number of nitrogen functional groups attached to an aromatic ring is 1. The number of aromatic nitrogens is 2. The predicted octanol–water partition coefficient (Wildman–Crippen LogP) is 3.03. The van der Waals surface area contributed by atoms with Crippen LogP contribution in [-0.4, -0.2) is 15.8 Å². The summed E-state index contributed by atoms with van der Waals surface area (Å²) in [7, 11) is 0. The number of halogens is 1. The molecule has 0 spiro atoms. The number of hydrogen-bond acceptors (Lipinski definition) is 3. The van der Waals surface area contributed by atoms with Crippen molar-refractivity contribution >= 4 is 17.4 Å². The summed E-state index contributed by atoms with van der Waals surface area (Å²) in [5, 5.41) is 7.52. The molecule has 0 saturated carbocycles. The minimum atomic E-state index is -0.201. The highest BCUT2D eigenvalue weighted by molar-refractivity contribution is 6.31. The highest BCUT2D eigenvalue weighted by atomic mass is 35.5. The van der Waals surface area contributed by atoms with Crippen molar-refractivity contribution in [3.05, 3.63) is 28.8 Å². The lowest BCUT2D eigenvalue weighted by Crippen LogP contribution is -2.24. The van der Waals surface area contributed by atoms with E-state index in [2.05, 4.69) is 24.0 Å². The Hall–Kier alpha value is -1.68. The zero-order valence-electron chi connectivity index (χ0n) is 10.2. The number of H-pyrrole nitrogens is 1. The number of benzene rings is 1. The normalized spacial score (nSPS) is 16.4. The highest BCUT2D eigenvalue weighted by Gasteiger charge is 2.32. The lowest BCUT2D eigenvalue weighted by atomic mass is 10.00. The van der Waals surface area contributed by atoms with Gasteiger partial charge in [-0.1, -0.05) is 11.6 Å². The molecule has 1 aromatic heterocycles. The van der Waals surface area contributed by atoms with Gasteiger partial charge in [-0.2, -0.15) is 5.10 Å². The van der Waals surface area contributed by atoms with E-state index in [1.54, 1.807) is 6.07 Å². The number of rotatable bonds is 1. The SMILES string of the molecule is CC1(C)Cc2cc(Cl)cc(-c3cc(N)n[nH]3)c2O1. The molecular weight excluding hydrogens is 250 g/mol. The van der Waals surface area contributed by atoms with Crippen molar-refractivity contribution < 1.29 is 4.74 Å². The van der Waals surface area contributed by atoms with Crippen LogP contribution in [0.4, 0.5) is 5.82 Å². The summed E-state index contributed by atoms with van der Waals surface area (Å²) >= 11 is 6.16. The van der Waals surface area contributed by atoms with E-state index in [1.807, 2.05) is 12.1 Å². The van der Waals surface area contributed by atoms with Crippen molar-refractivity contribution in [2.75, 3.05) is 5.73 Å². The van der Waals surface area contributed by atoms with Gasteiger partial charge in [0, 0.05) is 28.6 Å². The number of ether oxygens (including phenoxy) is 1. The largest absolute Gasteiger partial charge is 0.487 e. The molecular formula is C13H14ClN3O. The van der Waals surface area contributed by atoms with Gasteiger partial charge in [-0.25, -0.2) is 0 Å². The Labute approximate surface area is 110 Å². The van der Waals surface area contributed by atoms with Gasteiger partial charge in [0.1, 0.15) is 17.2 Å². The van der Waals surface area contributed by atoms with Crippen LogP contribution in [0.1, 0.15) is 19.4 Å². The summed E-state index contributed by atoms with van der Waals surface area (Å²) in [4.78, 5) is 0. The van der Waals surface area contributed by atoms with Crippen LogP contribution in [0.15, 0.2) is 18.2 Å². The standard InChI is InChI=1S/C13H14ClN3O/c1-13(2)6-7-3-8(14)4-9(12(7)18-13)10-5-11(15)17-16-10/h3-5H,6H2,1-2H3,(H3,15,16,17). The van der Waals surface area contributed by atoms with Crippen molar-refractivity contribution in [1.29, 1.82) is 0 Å². The summed E-state index contributed by atoms with van der Waals surface area (Å²) in [5.41, 5.74) is 8.29. The van der Waals surface area contributed by atoms with E-state index in [0.717, 1.165) is 29.0 Å². The second-order valence-corrected chi connectivity index (χ2v) is 5.62. The minimum Gasteiger partial charge on any atom is -0.487 e. The molecule has 3 N–H and O–H groups in total. The van der Waals surface area contributed by atoms with E-state index >= 15 is 0 Å². The second kappa shape index (κ2) is 3.65. The summed E-state index contributed by atoms with van der Waals surface area (Å²) < 4.78 is 6.00. The maximum Gasteiger partial charge on any atom is 0.145 e. The lowest BCUT2D eigenvalue weighted by Gasteiger charge is -2.18. The van der Waals surface area contributed by atoms with E-state index in [0.29, 0.717) is 10.8 Å². The van der Waals surface area contributed by atoms with E-state index < -0.39 is 0 Å². The molecule has 18 heavy (non-hydrogen) atoms. The molecule has 0 unspecified atom stereocenters. The van der Waals surface area contributed by atoms with Crippen LogP contribution in [0.25, 0.3) is 11.3 Å². The summed E-state index contributed by atoms with van der Waals surface area (Å²) in [6.45, 7) is 4.12. The number of nitrogens with two attached hydrogens (primary N) is 1. The van der Waals surface area contributed by atoms with Gasteiger partial charge in [-0.15, -0.1) is 0 Å². The number of anilines is 1. The molecule has 0 aliphatic carbocycles. The van der Waals surface area contributed by atoms with Crippen LogP contribution in [0.5, 0.6) is 5.75 Å². The van der Waals surface area contributed by atoms with Crippen molar-refractivity contribution in [2.24, 2.45) is 0 Å². The third-order valence-corrected chi connectivity index (χ3v) is 3.23.